The normalized spacial score (nSPS) is 10.8. The number of benzene rings is 1. The van der Waals surface area contributed by atoms with Gasteiger partial charge in [0.05, 0.1) is 11.1 Å². The third-order valence-corrected chi connectivity index (χ3v) is 2.88. The number of hydrogen-bond acceptors (Lipinski definition) is 1. The summed E-state index contributed by atoms with van der Waals surface area (Å²) in [6, 6.07) is 4.20. The topological polar surface area (TPSA) is 34.0 Å². The third-order valence-electron chi connectivity index (χ3n) is 2.88. The molecule has 16 heavy (non-hydrogen) atoms. The smallest absolute Gasteiger partial charge is 0.253 e. The van der Waals surface area contributed by atoms with Gasteiger partial charge < -0.3 is 9.88 Å². The Labute approximate surface area is 95.1 Å². The van der Waals surface area contributed by atoms with Gasteiger partial charge in [-0.3, -0.25) is 4.79 Å². The first-order chi connectivity index (χ1) is 7.54. The van der Waals surface area contributed by atoms with Gasteiger partial charge in [0.1, 0.15) is 0 Å². The molecular weight excluding hydrogens is 200 g/mol. The van der Waals surface area contributed by atoms with E-state index in [0.29, 0.717) is 0 Å². The molecule has 0 atom stereocenters. The molecule has 84 valence electrons. The van der Waals surface area contributed by atoms with E-state index in [4.69, 9.17) is 0 Å². The van der Waals surface area contributed by atoms with Crippen LogP contribution in [0.5, 0.6) is 0 Å². The second-order valence-corrected chi connectivity index (χ2v) is 4.21. The van der Waals surface area contributed by atoms with Crippen molar-refractivity contribution in [1.29, 1.82) is 0 Å². The molecule has 1 amide bonds. The summed E-state index contributed by atoms with van der Waals surface area (Å²) in [4.78, 5) is 11.7. The number of amides is 1. The predicted molar refractivity (Wildman–Crippen MR) is 65.8 cm³/mol. The van der Waals surface area contributed by atoms with E-state index in [-0.39, 0.29) is 5.91 Å². The molecule has 1 N–H and O–H groups in total. The van der Waals surface area contributed by atoms with Crippen LogP contribution in [0.1, 0.15) is 21.5 Å². The fraction of sp³-hybridized carbons (Fsp3) is 0.308. The highest BCUT2D eigenvalue weighted by Gasteiger charge is 2.14. The molecule has 3 nitrogen and oxygen atoms in total. The van der Waals surface area contributed by atoms with E-state index in [1.807, 2.05) is 24.7 Å². The molecule has 2 aromatic rings. The van der Waals surface area contributed by atoms with E-state index in [0.717, 1.165) is 16.5 Å². The second kappa shape index (κ2) is 3.67. The number of rotatable bonds is 1. The van der Waals surface area contributed by atoms with Gasteiger partial charge >= 0.3 is 0 Å². The van der Waals surface area contributed by atoms with Gasteiger partial charge in [-0.15, -0.1) is 0 Å². The van der Waals surface area contributed by atoms with Gasteiger partial charge in [0.15, 0.2) is 0 Å². The van der Waals surface area contributed by atoms with Crippen molar-refractivity contribution in [3.63, 3.8) is 0 Å². The summed E-state index contributed by atoms with van der Waals surface area (Å²) in [5.74, 6) is -0.0319. The van der Waals surface area contributed by atoms with Gasteiger partial charge in [-0.25, -0.2) is 0 Å². The lowest BCUT2D eigenvalue weighted by Crippen LogP contribution is -2.17. The minimum Gasteiger partial charge on any atom is -0.355 e. The lowest BCUT2D eigenvalue weighted by atomic mass is 10.1. The number of fused-ring (bicyclic) bond motifs is 1. The highest BCUT2D eigenvalue weighted by Crippen LogP contribution is 2.25. The molecule has 1 heterocycles. The zero-order valence-electron chi connectivity index (χ0n) is 10.1. The van der Waals surface area contributed by atoms with Crippen LogP contribution in [0.2, 0.25) is 0 Å². The van der Waals surface area contributed by atoms with Gasteiger partial charge in [0, 0.05) is 25.7 Å². The van der Waals surface area contributed by atoms with E-state index in [2.05, 4.69) is 24.4 Å². The first-order valence-corrected chi connectivity index (χ1v) is 5.33. The maximum atomic E-state index is 11.7. The Morgan fingerprint density at radius 3 is 2.62 bits per heavy atom. The van der Waals surface area contributed by atoms with Crippen molar-refractivity contribution in [3.8, 4) is 0 Å². The Bertz CT molecular complexity index is 567. The quantitative estimate of drug-likeness (QED) is 0.778. The highest BCUT2D eigenvalue weighted by molar-refractivity contribution is 6.07. The third kappa shape index (κ3) is 1.48. The Morgan fingerprint density at radius 1 is 1.31 bits per heavy atom. The number of aryl methyl sites for hydroxylation is 3. The van der Waals surface area contributed by atoms with E-state index in [9.17, 15) is 4.79 Å². The lowest BCUT2D eigenvalue weighted by Gasteiger charge is -2.03. The molecule has 0 bridgehead atoms. The van der Waals surface area contributed by atoms with Gasteiger partial charge in [0.2, 0.25) is 0 Å². The van der Waals surface area contributed by atoms with Crippen molar-refractivity contribution in [2.45, 2.75) is 13.8 Å². The van der Waals surface area contributed by atoms with E-state index in [1.165, 1.54) is 11.1 Å². The molecule has 3 heteroatoms. The van der Waals surface area contributed by atoms with Crippen molar-refractivity contribution in [2.75, 3.05) is 7.05 Å². The van der Waals surface area contributed by atoms with Crippen LogP contribution < -0.4 is 5.32 Å². The minimum atomic E-state index is -0.0319. The maximum absolute atomic E-state index is 11.7. The van der Waals surface area contributed by atoms with Crippen LogP contribution in [0.4, 0.5) is 0 Å². The first-order valence-electron chi connectivity index (χ1n) is 5.33. The number of nitrogens with one attached hydrogen (secondary N) is 1. The van der Waals surface area contributed by atoms with Gasteiger partial charge in [-0.05, 0) is 25.5 Å². The fourth-order valence-corrected chi connectivity index (χ4v) is 2.28. The van der Waals surface area contributed by atoms with E-state index >= 15 is 0 Å². The van der Waals surface area contributed by atoms with E-state index in [1.54, 1.807) is 7.05 Å². The van der Waals surface area contributed by atoms with Crippen molar-refractivity contribution in [3.05, 3.63) is 35.0 Å². The Morgan fingerprint density at radius 2 is 2.00 bits per heavy atom. The zero-order chi connectivity index (χ0) is 11.9. The van der Waals surface area contributed by atoms with E-state index < -0.39 is 0 Å². The number of hydrogen-bond donors (Lipinski definition) is 1. The average molecular weight is 216 g/mol. The monoisotopic (exact) mass is 216 g/mol. The van der Waals surface area contributed by atoms with Crippen LogP contribution in [-0.2, 0) is 7.05 Å². The summed E-state index contributed by atoms with van der Waals surface area (Å²) in [6.07, 6.45) is 1.88. The zero-order valence-corrected chi connectivity index (χ0v) is 10.1. The molecule has 0 aliphatic heterocycles. The average Bonchev–Trinajstić information content (AvgIpc) is 2.54. The first kappa shape index (κ1) is 10.7. The molecule has 1 aromatic heterocycles. The second-order valence-electron chi connectivity index (χ2n) is 4.21. The van der Waals surface area contributed by atoms with Crippen LogP contribution in [0.3, 0.4) is 0 Å². The molecule has 0 fully saturated rings. The minimum absolute atomic E-state index is 0.0319. The number of nitrogens with zero attached hydrogens (tertiary/aromatic N) is 1. The molecule has 0 saturated carbocycles. The predicted octanol–water partition coefficient (Wildman–Crippen LogP) is 2.15. The molecule has 0 aliphatic rings. The number of carbonyl (C=O) groups is 1. The molecule has 0 saturated heterocycles. The summed E-state index contributed by atoms with van der Waals surface area (Å²) in [7, 11) is 3.63. The fourth-order valence-electron chi connectivity index (χ4n) is 2.28. The van der Waals surface area contributed by atoms with Gasteiger partial charge in [-0.2, -0.15) is 0 Å². The van der Waals surface area contributed by atoms with Crippen molar-refractivity contribution < 1.29 is 4.79 Å². The Kier molecular flexibility index (Phi) is 2.46. The summed E-state index contributed by atoms with van der Waals surface area (Å²) in [5, 5.41) is 3.70. The number of carbonyl (C=O) groups excluding carboxylic acids is 1. The molecule has 2 rings (SSSR count). The summed E-state index contributed by atoms with van der Waals surface area (Å²) < 4.78 is 2.01. The van der Waals surface area contributed by atoms with Gasteiger partial charge in [-0.1, -0.05) is 11.6 Å². The molecule has 1 aromatic carbocycles. The highest BCUT2D eigenvalue weighted by atomic mass is 16.1. The van der Waals surface area contributed by atoms with Crippen LogP contribution in [0.15, 0.2) is 18.3 Å². The molecule has 0 aliphatic carbocycles. The van der Waals surface area contributed by atoms with Crippen molar-refractivity contribution in [2.24, 2.45) is 7.05 Å². The molecular formula is C13H16N2O. The Hall–Kier alpha value is -1.77. The van der Waals surface area contributed by atoms with Crippen molar-refractivity contribution in [1.82, 2.24) is 9.88 Å². The molecule has 0 radical (unpaired) electrons. The van der Waals surface area contributed by atoms with Crippen LogP contribution in [-0.4, -0.2) is 17.5 Å². The maximum Gasteiger partial charge on any atom is 0.253 e. The van der Waals surface area contributed by atoms with Crippen LogP contribution in [0, 0.1) is 13.8 Å². The summed E-state index contributed by atoms with van der Waals surface area (Å²) >= 11 is 0. The molecule has 0 spiro atoms. The largest absolute Gasteiger partial charge is 0.355 e. The summed E-state index contributed by atoms with van der Waals surface area (Å²) in [6.45, 7) is 4.12. The van der Waals surface area contributed by atoms with Crippen LogP contribution in [0.25, 0.3) is 10.9 Å². The number of aromatic nitrogens is 1. The Balaban J connectivity index is 2.83. The molecule has 0 unspecified atom stereocenters. The van der Waals surface area contributed by atoms with Crippen molar-refractivity contribution >= 4 is 16.8 Å². The summed E-state index contributed by atoms with van der Waals surface area (Å²) in [5.41, 5.74) is 4.25. The SMILES string of the molecule is CNC(=O)c1cn(C)c2c(C)cc(C)cc12. The van der Waals surface area contributed by atoms with Crippen LogP contribution >= 0.6 is 0 Å². The standard InChI is InChI=1S/C13H16N2O/c1-8-5-9(2)12-10(6-8)11(7-15(12)4)13(16)14-3/h5-7H,1-4H3,(H,14,16). The lowest BCUT2D eigenvalue weighted by molar-refractivity contribution is 0.0964. The van der Waals surface area contributed by atoms with Gasteiger partial charge in [0.25, 0.3) is 5.91 Å².